The summed E-state index contributed by atoms with van der Waals surface area (Å²) in [5.74, 6) is -2.33. The van der Waals surface area contributed by atoms with Crippen molar-refractivity contribution in [2.24, 2.45) is 5.92 Å². The number of aliphatic hydroxyl groups excluding tert-OH is 1. The molecule has 1 atom stereocenters. The molecule has 0 bridgehead atoms. The van der Waals surface area contributed by atoms with Crippen molar-refractivity contribution in [1.82, 2.24) is 4.72 Å². The average molecular weight is 308 g/mol. The summed E-state index contributed by atoms with van der Waals surface area (Å²) >= 11 is 0. The van der Waals surface area contributed by atoms with Crippen LogP contribution in [-0.2, 0) is 10.0 Å². The molecule has 8 heteroatoms. The van der Waals surface area contributed by atoms with E-state index in [9.17, 15) is 17.2 Å². The van der Waals surface area contributed by atoms with Gasteiger partial charge in [-0.2, -0.15) is 0 Å². The topological polar surface area (TPSA) is 92.4 Å². The molecule has 0 amide bonds. The maximum absolute atomic E-state index is 13.6. The molecule has 1 aromatic rings. The van der Waals surface area contributed by atoms with Crippen LogP contribution in [0, 0.1) is 17.6 Å². The molecule has 0 aliphatic rings. The maximum atomic E-state index is 13.6. The minimum absolute atomic E-state index is 0.0993. The maximum Gasteiger partial charge on any atom is 0.243 e. The third-order valence-electron chi connectivity index (χ3n) is 2.89. The third-order valence-corrected chi connectivity index (χ3v) is 4.40. The Bertz CT molecular complexity index is 576. The van der Waals surface area contributed by atoms with Gasteiger partial charge in [-0.25, -0.2) is 21.9 Å². The van der Waals surface area contributed by atoms with Crippen LogP contribution in [0.5, 0.6) is 0 Å². The zero-order chi connectivity index (χ0) is 15.5. The first-order chi connectivity index (χ1) is 9.19. The number of nitrogens with two attached hydrogens (primary N) is 1. The lowest BCUT2D eigenvalue weighted by atomic mass is 10.0. The number of anilines is 1. The quantitative estimate of drug-likeness (QED) is 0.689. The van der Waals surface area contributed by atoms with Crippen LogP contribution in [0.15, 0.2) is 17.0 Å². The fourth-order valence-corrected chi connectivity index (χ4v) is 3.19. The van der Waals surface area contributed by atoms with Gasteiger partial charge < -0.3 is 10.8 Å². The molecule has 0 aliphatic carbocycles. The number of aliphatic hydroxyl groups is 1. The van der Waals surface area contributed by atoms with Crippen LogP contribution in [0.4, 0.5) is 14.5 Å². The SMILES string of the molecule is CC(C)C(CCO)NS(=O)(=O)c1cc(N)c(F)cc1F. The van der Waals surface area contributed by atoms with E-state index in [-0.39, 0.29) is 18.9 Å². The summed E-state index contributed by atoms with van der Waals surface area (Å²) in [6.45, 7) is 3.32. The van der Waals surface area contributed by atoms with Gasteiger partial charge in [0.05, 0.1) is 5.69 Å². The molecule has 20 heavy (non-hydrogen) atoms. The Morgan fingerprint density at radius 3 is 2.40 bits per heavy atom. The molecule has 5 nitrogen and oxygen atoms in total. The van der Waals surface area contributed by atoms with E-state index < -0.39 is 38.3 Å². The van der Waals surface area contributed by atoms with Gasteiger partial charge in [0.25, 0.3) is 0 Å². The highest BCUT2D eigenvalue weighted by Crippen LogP contribution is 2.22. The van der Waals surface area contributed by atoms with Crippen molar-refractivity contribution in [2.45, 2.75) is 31.2 Å². The minimum Gasteiger partial charge on any atom is -0.396 e. The predicted molar refractivity (Wildman–Crippen MR) is 71.4 cm³/mol. The molecule has 0 radical (unpaired) electrons. The number of nitrogens with one attached hydrogen (secondary N) is 1. The molecular formula is C12H18F2N2O3S. The number of rotatable bonds is 6. The molecule has 0 spiro atoms. The second kappa shape index (κ2) is 6.47. The summed E-state index contributed by atoms with van der Waals surface area (Å²) in [6, 6.07) is 0.611. The van der Waals surface area contributed by atoms with Crippen molar-refractivity contribution >= 4 is 15.7 Å². The minimum atomic E-state index is -4.18. The van der Waals surface area contributed by atoms with Crippen molar-refractivity contribution in [3.05, 3.63) is 23.8 Å². The van der Waals surface area contributed by atoms with E-state index >= 15 is 0 Å². The summed E-state index contributed by atoms with van der Waals surface area (Å²) in [5, 5.41) is 8.91. The third kappa shape index (κ3) is 3.87. The highest BCUT2D eigenvalue weighted by molar-refractivity contribution is 7.89. The largest absolute Gasteiger partial charge is 0.396 e. The first-order valence-corrected chi connectivity index (χ1v) is 7.55. The molecular weight excluding hydrogens is 290 g/mol. The zero-order valence-electron chi connectivity index (χ0n) is 11.2. The smallest absolute Gasteiger partial charge is 0.243 e. The van der Waals surface area contributed by atoms with Crippen molar-refractivity contribution in [1.29, 1.82) is 0 Å². The Labute approximate surface area is 116 Å². The van der Waals surface area contributed by atoms with Crippen molar-refractivity contribution in [2.75, 3.05) is 12.3 Å². The van der Waals surface area contributed by atoms with Crippen LogP contribution < -0.4 is 10.5 Å². The monoisotopic (exact) mass is 308 g/mol. The molecule has 1 unspecified atom stereocenters. The average Bonchev–Trinajstić information content (AvgIpc) is 2.32. The first kappa shape index (κ1) is 16.8. The van der Waals surface area contributed by atoms with Gasteiger partial charge in [0.1, 0.15) is 16.5 Å². The Morgan fingerprint density at radius 1 is 1.30 bits per heavy atom. The van der Waals surface area contributed by atoms with Gasteiger partial charge in [-0.15, -0.1) is 0 Å². The number of hydrogen-bond donors (Lipinski definition) is 3. The number of nitrogen functional groups attached to an aromatic ring is 1. The van der Waals surface area contributed by atoms with E-state index in [4.69, 9.17) is 10.8 Å². The van der Waals surface area contributed by atoms with Crippen molar-refractivity contribution in [3.8, 4) is 0 Å². The van der Waals surface area contributed by atoms with Gasteiger partial charge in [0.15, 0.2) is 0 Å². The van der Waals surface area contributed by atoms with E-state index in [1.54, 1.807) is 13.8 Å². The summed E-state index contributed by atoms with van der Waals surface area (Å²) in [6.07, 6.45) is 0.190. The van der Waals surface area contributed by atoms with Gasteiger partial charge in [-0.05, 0) is 18.4 Å². The van der Waals surface area contributed by atoms with Gasteiger partial charge >= 0.3 is 0 Å². The lowest BCUT2D eigenvalue weighted by Crippen LogP contribution is -2.39. The number of benzene rings is 1. The summed E-state index contributed by atoms with van der Waals surface area (Å²) < 4.78 is 53.1. The van der Waals surface area contributed by atoms with Crippen molar-refractivity contribution < 1.29 is 22.3 Å². The number of halogens is 2. The van der Waals surface area contributed by atoms with Crippen LogP contribution in [0.1, 0.15) is 20.3 Å². The molecule has 0 aliphatic heterocycles. The summed E-state index contributed by atoms with van der Waals surface area (Å²) in [7, 11) is -4.18. The summed E-state index contributed by atoms with van der Waals surface area (Å²) in [5.41, 5.74) is 4.81. The van der Waals surface area contributed by atoms with Gasteiger partial charge in [0.2, 0.25) is 10.0 Å². The zero-order valence-corrected chi connectivity index (χ0v) is 12.0. The fraction of sp³-hybridized carbons (Fsp3) is 0.500. The standard InChI is InChI=1S/C12H18F2N2O3S/c1-7(2)11(3-4-17)16-20(18,19)12-6-10(15)8(13)5-9(12)14/h5-7,11,16-17H,3-4,15H2,1-2H3. The lowest BCUT2D eigenvalue weighted by Gasteiger charge is -2.21. The number of hydrogen-bond acceptors (Lipinski definition) is 4. The van der Waals surface area contributed by atoms with E-state index in [0.717, 1.165) is 6.07 Å². The van der Waals surface area contributed by atoms with Crippen LogP contribution >= 0.6 is 0 Å². The first-order valence-electron chi connectivity index (χ1n) is 6.06. The molecule has 1 aromatic carbocycles. The second-order valence-electron chi connectivity index (χ2n) is 4.79. The highest BCUT2D eigenvalue weighted by atomic mass is 32.2. The molecule has 0 heterocycles. The van der Waals surface area contributed by atoms with Crippen LogP contribution in [0.25, 0.3) is 0 Å². The Balaban J connectivity index is 3.13. The van der Waals surface area contributed by atoms with Gasteiger partial charge in [-0.3, -0.25) is 0 Å². The fourth-order valence-electron chi connectivity index (χ4n) is 1.68. The number of sulfonamides is 1. The van der Waals surface area contributed by atoms with E-state index in [2.05, 4.69) is 4.72 Å². The highest BCUT2D eigenvalue weighted by Gasteiger charge is 2.26. The molecule has 0 fully saturated rings. The van der Waals surface area contributed by atoms with E-state index in [0.29, 0.717) is 6.07 Å². The molecule has 1 rings (SSSR count). The van der Waals surface area contributed by atoms with Crippen LogP contribution in [-0.4, -0.2) is 26.2 Å². The molecule has 0 saturated heterocycles. The molecule has 114 valence electrons. The second-order valence-corrected chi connectivity index (χ2v) is 6.47. The Hall–Kier alpha value is -1.25. The van der Waals surface area contributed by atoms with E-state index in [1.807, 2.05) is 0 Å². The van der Waals surface area contributed by atoms with Gasteiger partial charge in [0, 0.05) is 18.7 Å². The molecule has 0 saturated carbocycles. The van der Waals surface area contributed by atoms with E-state index in [1.165, 1.54) is 0 Å². The van der Waals surface area contributed by atoms with Gasteiger partial charge in [-0.1, -0.05) is 13.8 Å². The van der Waals surface area contributed by atoms with Crippen molar-refractivity contribution in [3.63, 3.8) is 0 Å². The molecule has 4 N–H and O–H groups in total. The summed E-state index contributed by atoms with van der Waals surface area (Å²) in [4.78, 5) is -0.708. The lowest BCUT2D eigenvalue weighted by molar-refractivity contribution is 0.256. The van der Waals surface area contributed by atoms with Crippen LogP contribution in [0.3, 0.4) is 0 Å². The molecule has 0 aromatic heterocycles. The Kier molecular flexibility index (Phi) is 5.43. The Morgan fingerprint density at radius 2 is 1.90 bits per heavy atom. The normalized spacial score (nSPS) is 13.7. The predicted octanol–water partition coefficient (Wildman–Crippen LogP) is 1.23. The van der Waals surface area contributed by atoms with Crippen LogP contribution in [0.2, 0.25) is 0 Å².